The number of benzene rings is 1. The van der Waals surface area contributed by atoms with E-state index in [1.807, 2.05) is 0 Å². The van der Waals surface area contributed by atoms with Crippen LogP contribution in [0.1, 0.15) is 29.2 Å². The van der Waals surface area contributed by atoms with E-state index in [4.69, 9.17) is 9.84 Å². The molecule has 6 heteroatoms. The van der Waals surface area contributed by atoms with Gasteiger partial charge in [-0.05, 0) is 31.0 Å². The number of H-pyrrole nitrogens is 1. The van der Waals surface area contributed by atoms with Gasteiger partial charge in [-0.1, -0.05) is 0 Å². The topological polar surface area (TPSA) is 84.3 Å². The maximum atomic E-state index is 12.0. The molecule has 0 saturated carbocycles. The van der Waals surface area contributed by atoms with Gasteiger partial charge in [0.15, 0.2) is 0 Å². The van der Waals surface area contributed by atoms with E-state index in [0.717, 1.165) is 25.0 Å². The van der Waals surface area contributed by atoms with Crippen molar-refractivity contribution in [3.8, 4) is 0 Å². The maximum Gasteiger partial charge on any atom is 0.335 e. The van der Waals surface area contributed by atoms with Gasteiger partial charge in [-0.3, -0.25) is 4.57 Å². The summed E-state index contributed by atoms with van der Waals surface area (Å²) in [6.07, 6.45) is 1.82. The Kier molecular flexibility index (Phi) is 2.87. The normalized spacial score (nSPS) is 19.7. The highest BCUT2D eigenvalue weighted by Crippen LogP contribution is 2.22. The number of hydrogen-bond acceptors (Lipinski definition) is 3. The van der Waals surface area contributed by atoms with E-state index in [9.17, 15) is 9.59 Å². The van der Waals surface area contributed by atoms with Crippen LogP contribution in [0, 0.1) is 0 Å². The number of nitrogens with zero attached hydrogens (tertiary/aromatic N) is 1. The quantitative estimate of drug-likeness (QED) is 0.856. The molecule has 2 aromatic rings. The SMILES string of the molecule is O=C(O)c1ccc2c(c1)[nH]c(=O)n2C1CCCOC1. The number of imidazole rings is 1. The largest absolute Gasteiger partial charge is 0.478 e. The summed E-state index contributed by atoms with van der Waals surface area (Å²) in [4.78, 5) is 25.7. The van der Waals surface area contributed by atoms with Crippen LogP contribution in [0.3, 0.4) is 0 Å². The van der Waals surface area contributed by atoms with Crippen molar-refractivity contribution in [3.05, 3.63) is 34.2 Å². The van der Waals surface area contributed by atoms with Crippen LogP contribution in [0.15, 0.2) is 23.0 Å². The van der Waals surface area contributed by atoms with Gasteiger partial charge in [0, 0.05) is 6.61 Å². The Morgan fingerprint density at radius 1 is 1.47 bits per heavy atom. The molecule has 0 radical (unpaired) electrons. The molecule has 1 saturated heterocycles. The number of aromatic nitrogens is 2. The number of carbonyl (C=O) groups is 1. The van der Waals surface area contributed by atoms with Crippen molar-refractivity contribution in [3.63, 3.8) is 0 Å². The van der Waals surface area contributed by atoms with Crippen molar-refractivity contribution in [1.82, 2.24) is 9.55 Å². The molecule has 19 heavy (non-hydrogen) atoms. The Bertz CT molecular complexity index is 679. The molecule has 1 aliphatic rings. The average molecular weight is 262 g/mol. The summed E-state index contributed by atoms with van der Waals surface area (Å²) in [5, 5.41) is 8.95. The predicted molar refractivity (Wildman–Crippen MR) is 68.6 cm³/mol. The van der Waals surface area contributed by atoms with Crippen molar-refractivity contribution in [2.45, 2.75) is 18.9 Å². The first-order valence-corrected chi connectivity index (χ1v) is 6.22. The number of nitrogens with one attached hydrogen (secondary N) is 1. The number of aromatic amines is 1. The van der Waals surface area contributed by atoms with Crippen molar-refractivity contribution < 1.29 is 14.6 Å². The summed E-state index contributed by atoms with van der Waals surface area (Å²) in [5.41, 5.74) is 1.23. The van der Waals surface area contributed by atoms with Crippen LogP contribution in [0.4, 0.5) is 0 Å². The summed E-state index contributed by atoms with van der Waals surface area (Å²) >= 11 is 0. The summed E-state index contributed by atoms with van der Waals surface area (Å²) < 4.78 is 7.07. The molecule has 2 N–H and O–H groups in total. The van der Waals surface area contributed by atoms with Crippen LogP contribution in [-0.4, -0.2) is 33.8 Å². The molecule has 1 atom stereocenters. The van der Waals surface area contributed by atoms with E-state index in [0.29, 0.717) is 12.1 Å². The lowest BCUT2D eigenvalue weighted by atomic mass is 10.1. The summed E-state index contributed by atoms with van der Waals surface area (Å²) in [6, 6.07) is 4.69. The molecule has 2 heterocycles. The molecule has 1 aliphatic heterocycles. The van der Waals surface area contributed by atoms with Gasteiger partial charge >= 0.3 is 11.7 Å². The molecule has 1 aromatic carbocycles. The zero-order valence-electron chi connectivity index (χ0n) is 10.3. The average Bonchev–Trinajstić information content (AvgIpc) is 2.74. The first-order chi connectivity index (χ1) is 9.16. The first kappa shape index (κ1) is 12.0. The van der Waals surface area contributed by atoms with Crippen LogP contribution < -0.4 is 5.69 Å². The molecular weight excluding hydrogens is 248 g/mol. The van der Waals surface area contributed by atoms with Crippen LogP contribution in [0.2, 0.25) is 0 Å². The lowest BCUT2D eigenvalue weighted by molar-refractivity contribution is 0.0594. The van der Waals surface area contributed by atoms with E-state index in [-0.39, 0.29) is 17.3 Å². The molecule has 100 valence electrons. The third kappa shape index (κ3) is 2.04. The van der Waals surface area contributed by atoms with Gasteiger partial charge < -0.3 is 14.8 Å². The molecule has 6 nitrogen and oxygen atoms in total. The number of carboxylic acids is 1. The Labute approximate surface area is 108 Å². The molecule has 0 aliphatic carbocycles. The van der Waals surface area contributed by atoms with E-state index < -0.39 is 5.97 Å². The Hall–Kier alpha value is -2.08. The fourth-order valence-corrected chi connectivity index (χ4v) is 2.55. The number of ether oxygens (including phenoxy) is 1. The standard InChI is InChI=1S/C13H14N2O4/c16-12(17)8-3-4-11-10(6-8)14-13(18)15(11)9-2-1-5-19-7-9/h3-4,6,9H,1-2,5,7H2,(H,14,18)(H,16,17). The van der Waals surface area contributed by atoms with Gasteiger partial charge in [0.25, 0.3) is 0 Å². The Balaban J connectivity index is 2.11. The van der Waals surface area contributed by atoms with Gasteiger partial charge in [0.05, 0.1) is 29.2 Å². The van der Waals surface area contributed by atoms with Crippen LogP contribution >= 0.6 is 0 Å². The number of fused-ring (bicyclic) bond motifs is 1. The highest BCUT2D eigenvalue weighted by atomic mass is 16.5. The molecule has 1 fully saturated rings. The second-order valence-electron chi connectivity index (χ2n) is 4.71. The molecule has 0 bridgehead atoms. The zero-order chi connectivity index (χ0) is 13.4. The Morgan fingerprint density at radius 3 is 3.00 bits per heavy atom. The number of hydrogen-bond donors (Lipinski definition) is 2. The van der Waals surface area contributed by atoms with Crippen molar-refractivity contribution in [2.24, 2.45) is 0 Å². The van der Waals surface area contributed by atoms with E-state index in [1.165, 1.54) is 12.1 Å². The van der Waals surface area contributed by atoms with E-state index in [2.05, 4.69) is 4.98 Å². The molecule has 0 spiro atoms. The number of carboxylic acid groups (broad SMARTS) is 1. The van der Waals surface area contributed by atoms with Crippen molar-refractivity contribution in [1.29, 1.82) is 0 Å². The molecular formula is C13H14N2O4. The zero-order valence-corrected chi connectivity index (χ0v) is 10.3. The molecule has 3 rings (SSSR count). The maximum absolute atomic E-state index is 12.0. The van der Waals surface area contributed by atoms with Gasteiger partial charge in [-0.15, -0.1) is 0 Å². The lowest BCUT2D eigenvalue weighted by Crippen LogP contribution is -2.28. The highest BCUT2D eigenvalue weighted by molar-refractivity contribution is 5.92. The van der Waals surface area contributed by atoms with Crippen molar-refractivity contribution >= 4 is 17.0 Å². The number of aromatic carboxylic acids is 1. The lowest BCUT2D eigenvalue weighted by Gasteiger charge is -2.23. The third-order valence-electron chi connectivity index (χ3n) is 3.46. The second-order valence-corrected chi connectivity index (χ2v) is 4.71. The molecule has 0 amide bonds. The van der Waals surface area contributed by atoms with Crippen LogP contribution in [0.25, 0.3) is 11.0 Å². The minimum atomic E-state index is -1.00. The predicted octanol–water partition coefficient (Wildman–Crippen LogP) is 1.38. The summed E-state index contributed by atoms with van der Waals surface area (Å²) in [7, 11) is 0. The fraction of sp³-hybridized carbons (Fsp3) is 0.385. The minimum Gasteiger partial charge on any atom is -0.478 e. The fourth-order valence-electron chi connectivity index (χ4n) is 2.55. The van der Waals surface area contributed by atoms with E-state index >= 15 is 0 Å². The van der Waals surface area contributed by atoms with Crippen molar-refractivity contribution in [2.75, 3.05) is 13.2 Å². The monoisotopic (exact) mass is 262 g/mol. The first-order valence-electron chi connectivity index (χ1n) is 6.22. The highest BCUT2D eigenvalue weighted by Gasteiger charge is 2.20. The molecule has 1 unspecified atom stereocenters. The minimum absolute atomic E-state index is 0.0191. The summed E-state index contributed by atoms with van der Waals surface area (Å²) in [5.74, 6) is -1.00. The van der Waals surface area contributed by atoms with Crippen LogP contribution in [0.5, 0.6) is 0 Å². The van der Waals surface area contributed by atoms with Gasteiger partial charge in [-0.25, -0.2) is 9.59 Å². The van der Waals surface area contributed by atoms with Gasteiger partial charge in [-0.2, -0.15) is 0 Å². The second kappa shape index (κ2) is 4.55. The molecule has 1 aromatic heterocycles. The number of rotatable bonds is 2. The smallest absolute Gasteiger partial charge is 0.335 e. The Morgan fingerprint density at radius 2 is 2.32 bits per heavy atom. The van der Waals surface area contributed by atoms with Gasteiger partial charge in [0.2, 0.25) is 0 Å². The van der Waals surface area contributed by atoms with Gasteiger partial charge in [0.1, 0.15) is 0 Å². The van der Waals surface area contributed by atoms with E-state index in [1.54, 1.807) is 10.6 Å². The third-order valence-corrected chi connectivity index (χ3v) is 3.46. The van der Waals surface area contributed by atoms with Crippen LogP contribution in [-0.2, 0) is 4.74 Å². The summed E-state index contributed by atoms with van der Waals surface area (Å²) in [6.45, 7) is 1.25.